The van der Waals surface area contributed by atoms with Gasteiger partial charge in [0, 0.05) is 11.6 Å². The van der Waals surface area contributed by atoms with Crippen molar-refractivity contribution in [1.29, 1.82) is 0 Å². The SMILES string of the molecule is O=C(O)[C@@H]1[C@@H](C(=O)Nc2nccs2)[C@H]2C=C[C@H]1O2. The first-order chi connectivity index (χ1) is 8.66. The molecule has 2 aliphatic heterocycles. The third kappa shape index (κ3) is 1.72. The van der Waals surface area contributed by atoms with Crippen molar-refractivity contribution in [3.63, 3.8) is 0 Å². The molecule has 3 heterocycles. The summed E-state index contributed by atoms with van der Waals surface area (Å²) in [6.45, 7) is 0. The summed E-state index contributed by atoms with van der Waals surface area (Å²) in [4.78, 5) is 27.2. The predicted octanol–water partition coefficient (Wildman–Crippen LogP) is 0.736. The van der Waals surface area contributed by atoms with E-state index in [9.17, 15) is 14.7 Å². The number of thiazole rings is 1. The van der Waals surface area contributed by atoms with Crippen LogP contribution in [0.25, 0.3) is 0 Å². The number of ether oxygens (including phenoxy) is 1. The zero-order valence-electron chi connectivity index (χ0n) is 9.15. The predicted molar refractivity (Wildman–Crippen MR) is 63.2 cm³/mol. The number of nitrogens with one attached hydrogen (secondary N) is 1. The van der Waals surface area contributed by atoms with E-state index in [4.69, 9.17) is 4.74 Å². The quantitative estimate of drug-likeness (QED) is 0.788. The molecule has 3 rings (SSSR count). The standard InChI is InChI=1S/C11H10N2O4S/c14-9(13-11-12-3-4-18-11)7-5-1-2-6(17-5)8(7)10(15)16/h1-8H,(H,15,16)(H,12,13,14)/t5-,6-,7+,8+/m1/s1. The lowest BCUT2D eigenvalue weighted by molar-refractivity contribution is -0.145. The molecule has 0 aliphatic carbocycles. The maximum Gasteiger partial charge on any atom is 0.310 e. The molecule has 1 fully saturated rings. The second-order valence-electron chi connectivity index (χ2n) is 4.17. The lowest BCUT2D eigenvalue weighted by Crippen LogP contribution is -2.39. The van der Waals surface area contributed by atoms with Gasteiger partial charge in [-0.1, -0.05) is 12.2 Å². The van der Waals surface area contributed by atoms with E-state index >= 15 is 0 Å². The van der Waals surface area contributed by atoms with E-state index in [1.54, 1.807) is 23.7 Å². The summed E-state index contributed by atoms with van der Waals surface area (Å²) in [6.07, 6.45) is 4.08. The molecular formula is C11H10N2O4S. The van der Waals surface area contributed by atoms with Crippen molar-refractivity contribution in [2.75, 3.05) is 5.32 Å². The van der Waals surface area contributed by atoms with E-state index in [0.717, 1.165) is 0 Å². The minimum Gasteiger partial charge on any atom is -0.481 e. The molecule has 4 atom stereocenters. The fourth-order valence-electron chi connectivity index (χ4n) is 2.39. The van der Waals surface area contributed by atoms with Crippen molar-refractivity contribution in [2.24, 2.45) is 11.8 Å². The van der Waals surface area contributed by atoms with Crippen molar-refractivity contribution in [3.05, 3.63) is 23.7 Å². The Kier molecular flexibility index (Phi) is 2.64. The Morgan fingerprint density at radius 3 is 2.67 bits per heavy atom. The Labute approximate surface area is 106 Å². The van der Waals surface area contributed by atoms with Gasteiger partial charge < -0.3 is 15.2 Å². The number of hydrogen-bond donors (Lipinski definition) is 2. The number of amides is 1. The van der Waals surface area contributed by atoms with E-state index < -0.39 is 30.0 Å². The smallest absolute Gasteiger partial charge is 0.310 e. The number of anilines is 1. The van der Waals surface area contributed by atoms with E-state index in [2.05, 4.69) is 10.3 Å². The number of rotatable bonds is 3. The molecule has 2 bridgehead atoms. The van der Waals surface area contributed by atoms with Crippen LogP contribution < -0.4 is 5.32 Å². The Hall–Kier alpha value is -1.73. The fourth-order valence-corrected chi connectivity index (χ4v) is 2.92. The molecule has 2 N–H and O–H groups in total. The van der Waals surface area contributed by atoms with Gasteiger partial charge in [0.25, 0.3) is 0 Å². The minimum absolute atomic E-state index is 0.353. The Morgan fingerprint density at radius 2 is 2.06 bits per heavy atom. The normalized spacial score (nSPS) is 32.7. The highest BCUT2D eigenvalue weighted by atomic mass is 32.1. The summed E-state index contributed by atoms with van der Waals surface area (Å²) >= 11 is 1.29. The largest absolute Gasteiger partial charge is 0.481 e. The van der Waals surface area contributed by atoms with Crippen molar-refractivity contribution in [3.8, 4) is 0 Å². The summed E-state index contributed by atoms with van der Waals surface area (Å²) in [5.74, 6) is -2.87. The van der Waals surface area contributed by atoms with Gasteiger partial charge in [-0.3, -0.25) is 9.59 Å². The zero-order chi connectivity index (χ0) is 12.7. The molecule has 6 nitrogen and oxygen atoms in total. The number of fused-ring (bicyclic) bond motifs is 2. The van der Waals surface area contributed by atoms with Crippen LogP contribution >= 0.6 is 11.3 Å². The van der Waals surface area contributed by atoms with Gasteiger partial charge >= 0.3 is 5.97 Å². The number of carboxylic acid groups (broad SMARTS) is 1. The number of carboxylic acids is 1. The first-order valence-electron chi connectivity index (χ1n) is 5.44. The topological polar surface area (TPSA) is 88.5 Å². The lowest BCUT2D eigenvalue weighted by atomic mass is 9.82. The number of aromatic nitrogens is 1. The van der Waals surface area contributed by atoms with Crippen LogP contribution in [0.1, 0.15) is 0 Å². The maximum absolute atomic E-state index is 12.1. The highest BCUT2D eigenvalue weighted by Gasteiger charge is 2.53. The molecule has 7 heteroatoms. The van der Waals surface area contributed by atoms with Gasteiger partial charge in [-0.15, -0.1) is 11.3 Å². The molecule has 1 saturated heterocycles. The van der Waals surface area contributed by atoms with Crippen LogP contribution in [-0.2, 0) is 14.3 Å². The number of nitrogens with zero attached hydrogens (tertiary/aromatic N) is 1. The van der Waals surface area contributed by atoms with Gasteiger partial charge in [0.15, 0.2) is 5.13 Å². The zero-order valence-corrected chi connectivity index (χ0v) is 9.96. The number of carbonyl (C=O) groups excluding carboxylic acids is 1. The highest BCUT2D eigenvalue weighted by molar-refractivity contribution is 7.13. The molecule has 1 amide bonds. The van der Waals surface area contributed by atoms with Gasteiger partial charge in [-0.2, -0.15) is 0 Å². The second kappa shape index (κ2) is 4.18. The van der Waals surface area contributed by atoms with Crippen LogP contribution in [0.4, 0.5) is 5.13 Å². The Bertz CT molecular complexity index is 513. The summed E-state index contributed by atoms with van der Waals surface area (Å²) in [5, 5.41) is 14.0. The average molecular weight is 266 g/mol. The molecule has 94 valence electrons. The second-order valence-corrected chi connectivity index (χ2v) is 5.06. The van der Waals surface area contributed by atoms with E-state index in [0.29, 0.717) is 5.13 Å². The van der Waals surface area contributed by atoms with Crippen LogP contribution in [0.15, 0.2) is 23.7 Å². The lowest BCUT2D eigenvalue weighted by Gasteiger charge is -2.20. The summed E-state index contributed by atoms with van der Waals surface area (Å²) in [7, 11) is 0. The molecule has 0 radical (unpaired) electrons. The summed E-state index contributed by atoms with van der Waals surface area (Å²) in [5.41, 5.74) is 0. The van der Waals surface area contributed by atoms with Crippen LogP contribution in [0.2, 0.25) is 0 Å². The van der Waals surface area contributed by atoms with Gasteiger partial charge in [-0.05, 0) is 0 Å². The van der Waals surface area contributed by atoms with Gasteiger partial charge in [0.2, 0.25) is 5.91 Å². The van der Waals surface area contributed by atoms with Crippen molar-refractivity contribution >= 4 is 28.3 Å². The number of carbonyl (C=O) groups is 2. The molecule has 0 unspecified atom stereocenters. The molecule has 18 heavy (non-hydrogen) atoms. The number of aliphatic carboxylic acids is 1. The first-order valence-corrected chi connectivity index (χ1v) is 6.32. The van der Waals surface area contributed by atoms with Crippen molar-refractivity contribution in [2.45, 2.75) is 12.2 Å². The maximum atomic E-state index is 12.1. The van der Waals surface area contributed by atoms with E-state index in [-0.39, 0.29) is 5.91 Å². The van der Waals surface area contributed by atoms with Crippen molar-refractivity contribution in [1.82, 2.24) is 4.98 Å². The number of hydrogen-bond acceptors (Lipinski definition) is 5. The molecule has 0 aromatic carbocycles. The van der Waals surface area contributed by atoms with E-state index in [1.165, 1.54) is 11.3 Å². The summed E-state index contributed by atoms with van der Waals surface area (Å²) in [6, 6.07) is 0. The third-order valence-corrected chi connectivity index (χ3v) is 3.84. The van der Waals surface area contributed by atoms with Crippen LogP contribution in [0, 0.1) is 11.8 Å². The third-order valence-electron chi connectivity index (χ3n) is 3.15. The minimum atomic E-state index is -1.01. The summed E-state index contributed by atoms with van der Waals surface area (Å²) < 4.78 is 5.43. The Balaban J connectivity index is 1.80. The van der Waals surface area contributed by atoms with Crippen LogP contribution in [0.5, 0.6) is 0 Å². The average Bonchev–Trinajstić information content (AvgIpc) is 3.03. The van der Waals surface area contributed by atoms with Crippen LogP contribution in [0.3, 0.4) is 0 Å². The fraction of sp³-hybridized carbons (Fsp3) is 0.364. The van der Waals surface area contributed by atoms with E-state index in [1.807, 2.05) is 0 Å². The molecule has 1 aromatic rings. The first kappa shape index (κ1) is 11.4. The molecule has 0 spiro atoms. The molecular weight excluding hydrogens is 256 g/mol. The van der Waals surface area contributed by atoms with Gasteiger partial charge in [-0.25, -0.2) is 4.98 Å². The molecule has 1 aromatic heterocycles. The molecule has 0 saturated carbocycles. The van der Waals surface area contributed by atoms with Crippen LogP contribution in [-0.4, -0.2) is 34.2 Å². The van der Waals surface area contributed by atoms with Crippen molar-refractivity contribution < 1.29 is 19.4 Å². The van der Waals surface area contributed by atoms with Gasteiger partial charge in [0.05, 0.1) is 18.1 Å². The monoisotopic (exact) mass is 266 g/mol. The Morgan fingerprint density at radius 1 is 1.33 bits per heavy atom. The molecule has 2 aliphatic rings. The highest BCUT2D eigenvalue weighted by Crippen LogP contribution is 2.39. The van der Waals surface area contributed by atoms with Gasteiger partial charge in [0.1, 0.15) is 5.92 Å².